The molecule has 3 aromatic rings. The molecular weight excluding hydrogens is 426 g/mol. The molecule has 164 valence electrons. The summed E-state index contributed by atoms with van der Waals surface area (Å²) < 4.78 is 30.8. The Hall–Kier alpha value is -3.45. The summed E-state index contributed by atoms with van der Waals surface area (Å²) in [4.78, 5) is 27.6. The minimum absolute atomic E-state index is 0.286. The average Bonchev–Trinajstić information content (AvgIpc) is 3.09. The smallest absolute Gasteiger partial charge is 0.338 e. The van der Waals surface area contributed by atoms with Crippen LogP contribution in [-0.2, 0) is 14.6 Å². The first-order chi connectivity index (χ1) is 15.3. The van der Waals surface area contributed by atoms with Crippen LogP contribution in [0.15, 0.2) is 84.9 Å². The summed E-state index contributed by atoms with van der Waals surface area (Å²) in [6.07, 6.45) is -0.985. The SMILES string of the molecule is Cc1ccc(N(C(=O)c2ccccc2)C2CS(=O)(=O)CC2OC(=O)c2ccccc2)cc1. The van der Waals surface area contributed by atoms with E-state index in [0.717, 1.165) is 5.56 Å². The molecule has 0 spiro atoms. The van der Waals surface area contributed by atoms with Crippen molar-refractivity contribution in [1.82, 2.24) is 0 Å². The largest absolute Gasteiger partial charge is 0.455 e. The van der Waals surface area contributed by atoms with Crippen LogP contribution in [0.2, 0.25) is 0 Å². The Bertz CT molecular complexity index is 1210. The molecule has 0 bridgehead atoms. The van der Waals surface area contributed by atoms with Crippen LogP contribution in [0.1, 0.15) is 26.3 Å². The highest BCUT2D eigenvalue weighted by Gasteiger charge is 2.46. The van der Waals surface area contributed by atoms with Gasteiger partial charge in [0.1, 0.15) is 6.10 Å². The zero-order valence-corrected chi connectivity index (χ0v) is 18.4. The lowest BCUT2D eigenvalue weighted by Crippen LogP contribution is -2.48. The standard InChI is InChI=1S/C25H23NO5S/c1-18-12-14-21(15-13-18)26(24(27)19-8-4-2-5-9-19)22-16-32(29,30)17-23(22)31-25(28)20-10-6-3-7-11-20/h2-15,22-23H,16-17H2,1H3. The third-order valence-electron chi connectivity index (χ3n) is 5.42. The topological polar surface area (TPSA) is 80.8 Å². The third-order valence-corrected chi connectivity index (χ3v) is 7.11. The Morgan fingerprint density at radius 3 is 1.97 bits per heavy atom. The first kappa shape index (κ1) is 21.8. The van der Waals surface area contributed by atoms with Gasteiger partial charge in [0.2, 0.25) is 0 Å². The second kappa shape index (κ2) is 8.96. The van der Waals surface area contributed by atoms with Gasteiger partial charge in [0.15, 0.2) is 9.84 Å². The van der Waals surface area contributed by atoms with E-state index in [1.807, 2.05) is 19.1 Å². The van der Waals surface area contributed by atoms with E-state index in [2.05, 4.69) is 0 Å². The average molecular weight is 450 g/mol. The molecule has 1 saturated heterocycles. The molecule has 0 radical (unpaired) electrons. The van der Waals surface area contributed by atoms with Crippen molar-refractivity contribution in [2.24, 2.45) is 0 Å². The van der Waals surface area contributed by atoms with Gasteiger partial charge < -0.3 is 9.64 Å². The van der Waals surface area contributed by atoms with Crippen LogP contribution in [0.5, 0.6) is 0 Å². The number of esters is 1. The molecule has 4 rings (SSSR count). The van der Waals surface area contributed by atoms with Gasteiger partial charge in [-0.25, -0.2) is 13.2 Å². The maximum atomic E-state index is 13.5. The number of rotatable bonds is 5. The zero-order valence-electron chi connectivity index (χ0n) is 17.5. The predicted octanol–water partition coefficient (Wildman–Crippen LogP) is 3.66. The summed E-state index contributed by atoms with van der Waals surface area (Å²) in [5.74, 6) is -1.58. The number of nitrogens with zero attached hydrogens (tertiary/aromatic N) is 1. The number of hydrogen-bond donors (Lipinski definition) is 0. The monoisotopic (exact) mass is 449 g/mol. The van der Waals surface area contributed by atoms with Gasteiger partial charge >= 0.3 is 5.97 Å². The molecule has 1 heterocycles. The number of aryl methyl sites for hydroxylation is 1. The van der Waals surface area contributed by atoms with E-state index in [4.69, 9.17) is 4.74 Å². The van der Waals surface area contributed by atoms with Gasteiger partial charge in [-0.1, -0.05) is 54.1 Å². The number of benzene rings is 3. The molecule has 1 fully saturated rings. The Labute approximate surface area is 187 Å². The quantitative estimate of drug-likeness (QED) is 0.556. The molecule has 0 saturated carbocycles. The normalized spacial score (nSPS) is 19.3. The van der Waals surface area contributed by atoms with E-state index in [1.165, 1.54) is 4.90 Å². The zero-order chi connectivity index (χ0) is 22.7. The van der Waals surface area contributed by atoms with E-state index in [9.17, 15) is 18.0 Å². The van der Waals surface area contributed by atoms with Crippen LogP contribution in [-0.4, -0.2) is 43.9 Å². The van der Waals surface area contributed by atoms with E-state index in [1.54, 1.807) is 72.8 Å². The van der Waals surface area contributed by atoms with E-state index >= 15 is 0 Å². The van der Waals surface area contributed by atoms with Crippen LogP contribution >= 0.6 is 0 Å². The second-order valence-corrected chi connectivity index (χ2v) is 9.98. The first-order valence-corrected chi connectivity index (χ1v) is 12.1. The van der Waals surface area contributed by atoms with Crippen molar-refractivity contribution < 1.29 is 22.7 Å². The Kier molecular flexibility index (Phi) is 6.10. The van der Waals surface area contributed by atoms with Crippen LogP contribution < -0.4 is 4.90 Å². The maximum Gasteiger partial charge on any atom is 0.338 e. The van der Waals surface area contributed by atoms with Crippen molar-refractivity contribution >= 4 is 27.4 Å². The Morgan fingerprint density at radius 2 is 1.38 bits per heavy atom. The second-order valence-electron chi connectivity index (χ2n) is 7.83. The molecule has 0 aliphatic carbocycles. The van der Waals surface area contributed by atoms with E-state index in [0.29, 0.717) is 16.8 Å². The number of anilines is 1. The number of carbonyl (C=O) groups is 2. The van der Waals surface area contributed by atoms with Gasteiger partial charge in [0.05, 0.1) is 23.1 Å². The molecule has 32 heavy (non-hydrogen) atoms. The number of amides is 1. The maximum absolute atomic E-state index is 13.5. The summed E-state index contributed by atoms with van der Waals surface area (Å²) >= 11 is 0. The van der Waals surface area contributed by atoms with Crippen LogP contribution in [0.4, 0.5) is 5.69 Å². The number of sulfone groups is 1. The van der Waals surface area contributed by atoms with Gasteiger partial charge in [-0.3, -0.25) is 4.79 Å². The van der Waals surface area contributed by atoms with Crippen LogP contribution in [0, 0.1) is 6.92 Å². The van der Waals surface area contributed by atoms with E-state index < -0.39 is 28.0 Å². The van der Waals surface area contributed by atoms with Gasteiger partial charge in [0.25, 0.3) is 5.91 Å². The predicted molar refractivity (Wildman–Crippen MR) is 123 cm³/mol. The van der Waals surface area contributed by atoms with Gasteiger partial charge in [-0.2, -0.15) is 0 Å². The van der Waals surface area contributed by atoms with Crippen LogP contribution in [0.25, 0.3) is 0 Å². The first-order valence-electron chi connectivity index (χ1n) is 10.3. The molecule has 1 aliphatic heterocycles. The van der Waals surface area contributed by atoms with Gasteiger partial charge in [-0.15, -0.1) is 0 Å². The third kappa shape index (κ3) is 4.73. The lowest BCUT2D eigenvalue weighted by atomic mass is 10.1. The Balaban J connectivity index is 1.72. The van der Waals surface area contributed by atoms with Crippen molar-refractivity contribution in [3.8, 4) is 0 Å². The molecule has 3 aromatic carbocycles. The van der Waals surface area contributed by atoms with Crippen molar-refractivity contribution in [3.05, 3.63) is 102 Å². The lowest BCUT2D eigenvalue weighted by molar-refractivity contribution is 0.0314. The highest BCUT2D eigenvalue weighted by Crippen LogP contribution is 2.29. The summed E-state index contributed by atoms with van der Waals surface area (Å²) in [6.45, 7) is 1.93. The molecular formula is C25H23NO5S. The fourth-order valence-electron chi connectivity index (χ4n) is 3.81. The Morgan fingerprint density at radius 1 is 0.812 bits per heavy atom. The van der Waals surface area contributed by atoms with Gasteiger partial charge in [0, 0.05) is 11.3 Å². The van der Waals surface area contributed by atoms with Crippen LogP contribution in [0.3, 0.4) is 0 Å². The fourth-order valence-corrected chi connectivity index (χ4v) is 5.63. The summed E-state index contributed by atoms with van der Waals surface area (Å²) in [5.41, 5.74) is 2.30. The number of hydrogen-bond acceptors (Lipinski definition) is 5. The minimum atomic E-state index is -3.52. The van der Waals surface area contributed by atoms with Crippen molar-refractivity contribution in [1.29, 1.82) is 0 Å². The molecule has 1 aliphatic rings. The summed E-state index contributed by atoms with van der Waals surface area (Å²) in [7, 11) is -3.52. The molecule has 0 aromatic heterocycles. The molecule has 0 N–H and O–H groups in total. The minimum Gasteiger partial charge on any atom is -0.455 e. The van der Waals surface area contributed by atoms with Crippen molar-refractivity contribution in [3.63, 3.8) is 0 Å². The van der Waals surface area contributed by atoms with E-state index in [-0.39, 0.29) is 17.4 Å². The molecule has 2 unspecified atom stereocenters. The number of ether oxygens (including phenoxy) is 1. The van der Waals surface area contributed by atoms with Crippen molar-refractivity contribution in [2.45, 2.75) is 19.1 Å². The lowest BCUT2D eigenvalue weighted by Gasteiger charge is -2.32. The number of carbonyl (C=O) groups excluding carboxylic acids is 2. The summed E-state index contributed by atoms with van der Waals surface area (Å²) in [5, 5.41) is 0. The summed E-state index contributed by atoms with van der Waals surface area (Å²) in [6, 6.07) is 23.5. The molecule has 1 amide bonds. The highest BCUT2D eigenvalue weighted by molar-refractivity contribution is 7.91. The highest BCUT2D eigenvalue weighted by atomic mass is 32.2. The van der Waals surface area contributed by atoms with Crippen molar-refractivity contribution in [2.75, 3.05) is 16.4 Å². The fraction of sp³-hybridized carbons (Fsp3) is 0.200. The van der Waals surface area contributed by atoms with Gasteiger partial charge in [-0.05, 0) is 43.3 Å². The molecule has 2 atom stereocenters. The molecule has 6 nitrogen and oxygen atoms in total. The molecule has 7 heteroatoms.